The average Bonchev–Trinajstić information content (AvgIpc) is 3.70. The fourth-order valence-electron chi connectivity index (χ4n) is 6.83. The molecule has 1 N–H and O–H groups in total. The number of benzene rings is 2. The topological polar surface area (TPSA) is 69.2 Å². The van der Waals surface area contributed by atoms with Crippen LogP contribution < -0.4 is 20.0 Å². The molecule has 0 bridgehead atoms. The first kappa shape index (κ1) is 26.5. The molecule has 3 saturated heterocycles. The van der Waals surface area contributed by atoms with E-state index in [4.69, 9.17) is 9.57 Å². The van der Waals surface area contributed by atoms with Crippen LogP contribution >= 0.6 is 0 Å². The zero-order valence-corrected chi connectivity index (χ0v) is 24.2. The molecule has 4 aliphatic rings. The highest BCUT2D eigenvalue weighted by molar-refractivity contribution is 5.70. The smallest absolute Gasteiger partial charge is 0.158 e. The van der Waals surface area contributed by atoms with E-state index in [2.05, 4.69) is 85.6 Å². The van der Waals surface area contributed by atoms with Gasteiger partial charge in [-0.2, -0.15) is 0 Å². The van der Waals surface area contributed by atoms with E-state index in [1.54, 1.807) is 13.4 Å². The van der Waals surface area contributed by atoms with Crippen LogP contribution in [0.25, 0.3) is 0 Å². The van der Waals surface area contributed by atoms with E-state index >= 15 is 0 Å². The number of hydrogen-bond acceptors (Lipinski definition) is 9. The summed E-state index contributed by atoms with van der Waals surface area (Å²) >= 11 is 0. The van der Waals surface area contributed by atoms with Crippen molar-refractivity contribution in [2.24, 2.45) is 5.41 Å². The molecule has 1 aromatic heterocycles. The lowest BCUT2D eigenvalue weighted by Gasteiger charge is -2.42. The molecule has 9 nitrogen and oxygen atoms in total. The first-order valence-electron chi connectivity index (χ1n) is 15.0. The van der Waals surface area contributed by atoms with Crippen LogP contribution in [-0.4, -0.2) is 85.8 Å². The van der Waals surface area contributed by atoms with Gasteiger partial charge in [0.05, 0.1) is 25.4 Å². The molecule has 1 spiro atoms. The summed E-state index contributed by atoms with van der Waals surface area (Å²) in [7, 11) is 3.95. The fraction of sp³-hybridized carbons (Fsp3) is 0.500. The second-order valence-electron chi connectivity index (χ2n) is 12.1. The SMILES string of the molecule is COc1cc(N2CCC(N3CCN(C)CC3)CC2)ccc1Nc1cc(N2OCC3(CC3)[C@@H]2c2ccccc2)ncn1. The van der Waals surface area contributed by atoms with Gasteiger partial charge in [0.25, 0.3) is 0 Å². The quantitative estimate of drug-likeness (QED) is 0.446. The van der Waals surface area contributed by atoms with E-state index in [9.17, 15) is 0 Å². The van der Waals surface area contributed by atoms with Crippen molar-refractivity contribution >= 4 is 23.0 Å². The number of piperazine rings is 1. The standard InChI is InChI=1S/C32H41N7O2/c1-36-16-18-38(19-17-36)25-10-14-37(15-11-25)26-8-9-27(28(20-26)40-2)35-29-21-30(34-23-33-29)39-31(24-6-4-3-5-7-24)32(12-13-32)22-41-39/h3-9,20-21,23,25,31H,10-19,22H2,1-2H3,(H,33,34,35)/t31-/m0/s1. The van der Waals surface area contributed by atoms with Gasteiger partial charge in [-0.15, -0.1) is 0 Å². The highest BCUT2D eigenvalue weighted by Gasteiger charge is 2.58. The number of hydroxylamine groups is 1. The Hall–Kier alpha value is -3.40. The first-order valence-corrected chi connectivity index (χ1v) is 15.0. The monoisotopic (exact) mass is 555 g/mol. The van der Waals surface area contributed by atoms with Crippen LogP contribution in [-0.2, 0) is 4.84 Å². The molecule has 3 aliphatic heterocycles. The molecular weight excluding hydrogens is 514 g/mol. The van der Waals surface area contributed by atoms with Crippen LogP contribution in [0.3, 0.4) is 0 Å². The summed E-state index contributed by atoms with van der Waals surface area (Å²) in [5.41, 5.74) is 3.53. The largest absolute Gasteiger partial charge is 0.494 e. The summed E-state index contributed by atoms with van der Waals surface area (Å²) in [6.45, 7) is 7.61. The lowest BCUT2D eigenvalue weighted by Crippen LogP contribution is -2.52. The van der Waals surface area contributed by atoms with Crippen LogP contribution in [0, 0.1) is 5.41 Å². The molecule has 4 heterocycles. The van der Waals surface area contributed by atoms with E-state index in [1.807, 2.05) is 11.1 Å². The number of anilines is 4. The Morgan fingerprint density at radius 1 is 0.927 bits per heavy atom. The van der Waals surface area contributed by atoms with Gasteiger partial charge in [-0.25, -0.2) is 15.0 Å². The van der Waals surface area contributed by atoms with E-state index in [-0.39, 0.29) is 11.5 Å². The van der Waals surface area contributed by atoms with E-state index in [0.29, 0.717) is 11.9 Å². The zero-order valence-electron chi connectivity index (χ0n) is 24.2. The van der Waals surface area contributed by atoms with Crippen molar-refractivity contribution in [3.63, 3.8) is 0 Å². The number of rotatable bonds is 7. The maximum Gasteiger partial charge on any atom is 0.158 e. The molecule has 1 atom stereocenters. The van der Waals surface area contributed by atoms with Gasteiger partial charge in [0.1, 0.15) is 17.9 Å². The molecule has 4 fully saturated rings. The van der Waals surface area contributed by atoms with Crippen LogP contribution in [0.2, 0.25) is 0 Å². The van der Waals surface area contributed by atoms with Crippen LogP contribution in [0.15, 0.2) is 60.9 Å². The molecule has 3 aromatic rings. The third kappa shape index (κ3) is 5.34. The molecule has 41 heavy (non-hydrogen) atoms. The lowest BCUT2D eigenvalue weighted by atomic mass is 9.91. The summed E-state index contributed by atoms with van der Waals surface area (Å²) in [6.07, 6.45) is 6.37. The second kappa shape index (κ2) is 11.1. The van der Waals surface area contributed by atoms with E-state index < -0.39 is 0 Å². The fourth-order valence-corrected chi connectivity index (χ4v) is 6.83. The minimum atomic E-state index is 0.153. The summed E-state index contributed by atoms with van der Waals surface area (Å²) in [5.74, 6) is 2.28. The van der Waals surface area contributed by atoms with Crippen molar-refractivity contribution in [3.8, 4) is 5.75 Å². The van der Waals surface area contributed by atoms with Gasteiger partial charge in [-0.3, -0.25) is 9.74 Å². The van der Waals surface area contributed by atoms with Gasteiger partial charge < -0.3 is 19.9 Å². The van der Waals surface area contributed by atoms with Crippen molar-refractivity contribution in [3.05, 3.63) is 66.5 Å². The van der Waals surface area contributed by atoms with Crippen LogP contribution in [0.4, 0.5) is 23.0 Å². The molecule has 9 heteroatoms. The van der Waals surface area contributed by atoms with Gasteiger partial charge in [-0.05, 0) is 50.4 Å². The van der Waals surface area contributed by atoms with Crippen molar-refractivity contribution in [1.82, 2.24) is 19.8 Å². The lowest BCUT2D eigenvalue weighted by molar-refractivity contribution is 0.0982. The Kier molecular flexibility index (Phi) is 7.18. The van der Waals surface area contributed by atoms with Crippen LogP contribution in [0.1, 0.15) is 37.3 Å². The van der Waals surface area contributed by atoms with E-state index in [0.717, 1.165) is 37.0 Å². The number of ether oxygens (including phenoxy) is 1. The Balaban J connectivity index is 1.04. The molecule has 0 radical (unpaired) electrons. The van der Waals surface area contributed by atoms with Crippen molar-refractivity contribution in [1.29, 1.82) is 0 Å². The Labute approximate surface area is 243 Å². The first-order chi connectivity index (χ1) is 20.1. The molecule has 216 valence electrons. The predicted octanol–water partition coefficient (Wildman–Crippen LogP) is 4.72. The summed E-state index contributed by atoms with van der Waals surface area (Å²) in [4.78, 5) is 23.0. The molecule has 2 aromatic carbocycles. The number of nitrogens with one attached hydrogen (secondary N) is 1. The predicted molar refractivity (Wildman–Crippen MR) is 162 cm³/mol. The summed E-state index contributed by atoms with van der Waals surface area (Å²) in [5, 5.41) is 5.46. The highest BCUT2D eigenvalue weighted by Crippen LogP contribution is 2.61. The van der Waals surface area contributed by atoms with Crippen molar-refractivity contribution in [2.45, 2.75) is 37.8 Å². The third-order valence-corrected chi connectivity index (χ3v) is 9.52. The minimum Gasteiger partial charge on any atom is -0.494 e. The minimum absolute atomic E-state index is 0.153. The zero-order chi connectivity index (χ0) is 27.8. The second-order valence-corrected chi connectivity index (χ2v) is 12.1. The number of aromatic nitrogens is 2. The molecule has 1 saturated carbocycles. The Morgan fingerprint density at radius 2 is 1.71 bits per heavy atom. The summed E-state index contributed by atoms with van der Waals surface area (Å²) in [6, 6.07) is 19.9. The molecule has 0 amide bonds. The number of likely N-dealkylation sites (N-methyl/N-ethyl adjacent to an activating group) is 1. The number of piperidine rings is 1. The van der Waals surface area contributed by atoms with Gasteiger partial charge >= 0.3 is 0 Å². The normalized spacial score (nSPS) is 23.2. The average molecular weight is 556 g/mol. The van der Waals surface area contributed by atoms with Gasteiger partial charge in [0.15, 0.2) is 5.82 Å². The maximum absolute atomic E-state index is 6.25. The van der Waals surface area contributed by atoms with Gasteiger partial charge in [0.2, 0.25) is 0 Å². The van der Waals surface area contributed by atoms with Crippen molar-refractivity contribution in [2.75, 3.05) is 75.3 Å². The summed E-state index contributed by atoms with van der Waals surface area (Å²) < 4.78 is 5.84. The number of hydrogen-bond donors (Lipinski definition) is 1. The molecular formula is C32H41N7O2. The van der Waals surface area contributed by atoms with Crippen LogP contribution in [0.5, 0.6) is 5.75 Å². The van der Waals surface area contributed by atoms with Crippen molar-refractivity contribution < 1.29 is 9.57 Å². The Morgan fingerprint density at radius 3 is 2.44 bits per heavy atom. The number of methoxy groups -OCH3 is 1. The third-order valence-electron chi connectivity index (χ3n) is 9.52. The molecule has 0 unspecified atom stereocenters. The Bertz CT molecular complexity index is 1330. The molecule has 7 rings (SSSR count). The maximum atomic E-state index is 6.25. The number of nitrogens with zero attached hydrogens (tertiary/aromatic N) is 6. The molecule has 1 aliphatic carbocycles. The van der Waals surface area contributed by atoms with Gasteiger partial charge in [0, 0.05) is 68.5 Å². The van der Waals surface area contributed by atoms with Gasteiger partial charge in [-0.1, -0.05) is 30.3 Å². The van der Waals surface area contributed by atoms with E-state index in [1.165, 1.54) is 63.1 Å². The highest BCUT2D eigenvalue weighted by atomic mass is 16.7.